The highest BCUT2D eigenvalue weighted by atomic mass is 14.8. The molecule has 1 heteroatoms. The Kier molecular flexibility index (Phi) is 5.54. The Morgan fingerprint density at radius 2 is 1.93 bits per heavy atom. The normalized spacial score (nSPS) is 9.64. The van der Waals surface area contributed by atoms with Crippen molar-refractivity contribution in [3.05, 3.63) is 35.9 Å². The molecule has 0 saturated carbocycles. The third kappa shape index (κ3) is 4.69. The number of hydrogen-bond acceptors (Lipinski definition) is 1. The van der Waals surface area contributed by atoms with Crippen LogP contribution >= 0.6 is 0 Å². The Hall–Kier alpha value is -1.26. The van der Waals surface area contributed by atoms with Crippen molar-refractivity contribution in [1.82, 2.24) is 5.32 Å². The van der Waals surface area contributed by atoms with Gasteiger partial charge in [0.05, 0.1) is 0 Å². The summed E-state index contributed by atoms with van der Waals surface area (Å²) < 4.78 is 0. The molecule has 1 N–H and O–H groups in total. The molecule has 14 heavy (non-hydrogen) atoms. The van der Waals surface area contributed by atoms with Crippen molar-refractivity contribution in [2.24, 2.45) is 0 Å². The highest BCUT2D eigenvalue weighted by Gasteiger charge is 1.90. The van der Waals surface area contributed by atoms with E-state index in [0.29, 0.717) is 0 Å². The van der Waals surface area contributed by atoms with E-state index in [2.05, 4.69) is 41.6 Å². The van der Waals surface area contributed by atoms with Crippen molar-refractivity contribution in [1.29, 1.82) is 0 Å². The largest absolute Gasteiger partial charge is 0.316 e. The van der Waals surface area contributed by atoms with E-state index >= 15 is 0 Å². The fraction of sp³-hybridized carbons (Fsp3) is 0.385. The van der Waals surface area contributed by atoms with Gasteiger partial charge in [0.1, 0.15) is 0 Å². The molecule has 0 fully saturated rings. The van der Waals surface area contributed by atoms with Gasteiger partial charge in [0.15, 0.2) is 0 Å². The predicted molar refractivity (Wildman–Crippen MR) is 61.1 cm³/mol. The molecule has 1 nitrogen and oxygen atoms in total. The van der Waals surface area contributed by atoms with Crippen molar-refractivity contribution in [3.8, 4) is 12.3 Å². The van der Waals surface area contributed by atoms with Crippen LogP contribution in [0.5, 0.6) is 0 Å². The minimum absolute atomic E-state index is 0.825. The molecular weight excluding hydrogens is 170 g/mol. The van der Waals surface area contributed by atoms with Gasteiger partial charge in [0, 0.05) is 13.0 Å². The molecule has 0 amide bonds. The van der Waals surface area contributed by atoms with Crippen molar-refractivity contribution in [3.63, 3.8) is 0 Å². The maximum Gasteiger partial charge on any atom is 0.0211 e. The van der Waals surface area contributed by atoms with E-state index in [4.69, 9.17) is 6.42 Å². The predicted octanol–water partition coefficient (Wildman–Crippen LogP) is 2.23. The molecule has 0 aliphatic heterocycles. The third-order valence-electron chi connectivity index (χ3n) is 2.11. The smallest absolute Gasteiger partial charge is 0.0211 e. The zero-order chi connectivity index (χ0) is 10.1. The van der Waals surface area contributed by atoms with Crippen LogP contribution in [0.1, 0.15) is 18.4 Å². The molecule has 0 unspecified atom stereocenters. The molecule has 0 aliphatic rings. The lowest BCUT2D eigenvalue weighted by Gasteiger charge is -2.02. The first-order valence-electron chi connectivity index (χ1n) is 5.11. The highest BCUT2D eigenvalue weighted by Crippen LogP contribution is 2.01. The van der Waals surface area contributed by atoms with Crippen LogP contribution in [0.25, 0.3) is 0 Å². The summed E-state index contributed by atoms with van der Waals surface area (Å²) in [6, 6.07) is 10.6. The molecule has 1 aromatic rings. The molecule has 74 valence electrons. The van der Waals surface area contributed by atoms with Gasteiger partial charge in [-0.25, -0.2) is 0 Å². The second kappa shape index (κ2) is 7.17. The molecule has 0 radical (unpaired) electrons. The summed E-state index contributed by atoms with van der Waals surface area (Å²) in [7, 11) is 0. The maximum absolute atomic E-state index is 5.14. The lowest BCUT2D eigenvalue weighted by Crippen LogP contribution is -2.16. The Bertz CT molecular complexity index is 271. The van der Waals surface area contributed by atoms with Gasteiger partial charge in [0.2, 0.25) is 0 Å². The van der Waals surface area contributed by atoms with Crippen LogP contribution in [0.4, 0.5) is 0 Å². The summed E-state index contributed by atoms with van der Waals surface area (Å²) in [5, 5.41) is 3.31. The fourth-order valence-corrected chi connectivity index (χ4v) is 1.35. The molecule has 0 heterocycles. The van der Waals surface area contributed by atoms with Crippen molar-refractivity contribution in [2.75, 3.05) is 13.1 Å². The van der Waals surface area contributed by atoms with Crippen LogP contribution in [0.3, 0.4) is 0 Å². The van der Waals surface area contributed by atoms with E-state index in [9.17, 15) is 0 Å². The van der Waals surface area contributed by atoms with E-state index in [1.165, 1.54) is 12.0 Å². The molecule has 0 aromatic heterocycles. The van der Waals surface area contributed by atoms with Gasteiger partial charge in [-0.15, -0.1) is 12.3 Å². The van der Waals surface area contributed by atoms with Gasteiger partial charge in [-0.05, 0) is 24.9 Å². The number of benzene rings is 1. The second-order valence-electron chi connectivity index (χ2n) is 3.29. The van der Waals surface area contributed by atoms with Crippen molar-refractivity contribution >= 4 is 0 Å². The van der Waals surface area contributed by atoms with Crippen molar-refractivity contribution < 1.29 is 0 Å². The van der Waals surface area contributed by atoms with E-state index in [0.717, 1.165) is 25.9 Å². The zero-order valence-corrected chi connectivity index (χ0v) is 8.50. The standard InChI is InChI=1S/C13H17N/c1-2-3-11-14-12-7-10-13-8-5-4-6-9-13/h1,4-6,8-9,14H,3,7,10-12H2. The van der Waals surface area contributed by atoms with E-state index < -0.39 is 0 Å². The first-order valence-corrected chi connectivity index (χ1v) is 5.11. The molecule has 0 bridgehead atoms. The minimum Gasteiger partial charge on any atom is -0.316 e. The summed E-state index contributed by atoms with van der Waals surface area (Å²) in [5.74, 6) is 2.61. The number of aryl methyl sites for hydroxylation is 1. The first kappa shape index (κ1) is 10.8. The topological polar surface area (TPSA) is 12.0 Å². The van der Waals surface area contributed by atoms with Crippen LogP contribution in [-0.2, 0) is 6.42 Å². The van der Waals surface area contributed by atoms with E-state index in [1.807, 2.05) is 0 Å². The lowest BCUT2D eigenvalue weighted by molar-refractivity contribution is 0.657. The highest BCUT2D eigenvalue weighted by molar-refractivity contribution is 5.14. The summed E-state index contributed by atoms with van der Waals surface area (Å²) >= 11 is 0. The zero-order valence-electron chi connectivity index (χ0n) is 8.50. The molecule has 1 rings (SSSR count). The van der Waals surface area contributed by atoms with Crippen LogP contribution < -0.4 is 5.32 Å². The van der Waals surface area contributed by atoms with Crippen LogP contribution in [0.2, 0.25) is 0 Å². The summed E-state index contributed by atoms with van der Waals surface area (Å²) in [6.45, 7) is 1.99. The van der Waals surface area contributed by atoms with Gasteiger partial charge >= 0.3 is 0 Å². The quantitative estimate of drug-likeness (QED) is 0.532. The van der Waals surface area contributed by atoms with E-state index in [1.54, 1.807) is 0 Å². The molecule has 0 atom stereocenters. The average molecular weight is 187 g/mol. The van der Waals surface area contributed by atoms with Crippen LogP contribution in [0.15, 0.2) is 30.3 Å². The van der Waals surface area contributed by atoms with Gasteiger partial charge in [-0.3, -0.25) is 0 Å². The third-order valence-corrected chi connectivity index (χ3v) is 2.11. The fourth-order valence-electron chi connectivity index (χ4n) is 1.35. The molecular formula is C13H17N. The Balaban J connectivity index is 2.03. The Morgan fingerprint density at radius 3 is 2.64 bits per heavy atom. The summed E-state index contributed by atoms with van der Waals surface area (Å²) in [4.78, 5) is 0. The van der Waals surface area contributed by atoms with Crippen molar-refractivity contribution in [2.45, 2.75) is 19.3 Å². The Labute approximate surface area is 86.5 Å². The second-order valence-corrected chi connectivity index (χ2v) is 3.29. The van der Waals surface area contributed by atoms with Gasteiger partial charge in [-0.2, -0.15) is 0 Å². The number of rotatable bonds is 6. The maximum atomic E-state index is 5.14. The minimum atomic E-state index is 0.825. The van der Waals surface area contributed by atoms with Gasteiger partial charge in [-0.1, -0.05) is 30.3 Å². The molecule has 0 saturated heterocycles. The Morgan fingerprint density at radius 1 is 1.14 bits per heavy atom. The SMILES string of the molecule is C#CCCNCCCc1ccccc1. The molecule has 0 spiro atoms. The van der Waals surface area contributed by atoms with Gasteiger partial charge in [0.25, 0.3) is 0 Å². The van der Waals surface area contributed by atoms with Crippen LogP contribution in [0, 0.1) is 12.3 Å². The molecule has 0 aliphatic carbocycles. The number of terminal acetylenes is 1. The van der Waals surface area contributed by atoms with Gasteiger partial charge < -0.3 is 5.32 Å². The monoisotopic (exact) mass is 187 g/mol. The lowest BCUT2D eigenvalue weighted by atomic mass is 10.1. The molecule has 1 aromatic carbocycles. The average Bonchev–Trinajstić information content (AvgIpc) is 2.25. The number of nitrogens with one attached hydrogen (secondary N) is 1. The summed E-state index contributed by atoms with van der Waals surface area (Å²) in [5.41, 5.74) is 1.41. The van der Waals surface area contributed by atoms with Crippen LogP contribution in [-0.4, -0.2) is 13.1 Å². The number of hydrogen-bond donors (Lipinski definition) is 1. The first-order chi connectivity index (χ1) is 6.93. The summed E-state index contributed by atoms with van der Waals surface area (Å²) in [6.07, 6.45) is 8.29. The van der Waals surface area contributed by atoms with E-state index in [-0.39, 0.29) is 0 Å².